The zero-order valence-electron chi connectivity index (χ0n) is 13.8. The van der Waals surface area contributed by atoms with Crippen LogP contribution in [0.2, 0.25) is 0 Å². The van der Waals surface area contributed by atoms with E-state index in [0.717, 1.165) is 5.56 Å². The van der Waals surface area contributed by atoms with Gasteiger partial charge in [0.2, 0.25) is 5.13 Å². The highest BCUT2D eigenvalue weighted by Crippen LogP contribution is 2.25. The van der Waals surface area contributed by atoms with Gasteiger partial charge >= 0.3 is 12.0 Å². The van der Waals surface area contributed by atoms with E-state index in [1.54, 1.807) is 43.6 Å². The molecule has 3 rings (SSSR count). The molecule has 0 saturated carbocycles. The van der Waals surface area contributed by atoms with E-state index in [0.29, 0.717) is 21.4 Å². The lowest BCUT2D eigenvalue weighted by atomic mass is 10.2. The Bertz CT molecular complexity index is 914. The standard InChI is InChI=1S/C17H15N5O3S/c1-2-25-15(23)12-4-3-5-13(10-12)19-16(24)20-17-22-21-14(26-17)11-6-8-18-9-7-11/h3-10H,2H2,1H3,(H2,19,20,22,24). The van der Waals surface area contributed by atoms with Gasteiger partial charge < -0.3 is 10.1 Å². The third-order valence-electron chi connectivity index (χ3n) is 3.20. The van der Waals surface area contributed by atoms with Crippen molar-refractivity contribution >= 4 is 34.2 Å². The van der Waals surface area contributed by atoms with Crippen molar-refractivity contribution in [2.45, 2.75) is 6.92 Å². The van der Waals surface area contributed by atoms with Crippen LogP contribution in [0.15, 0.2) is 48.8 Å². The Labute approximate surface area is 153 Å². The molecule has 0 radical (unpaired) electrons. The third kappa shape index (κ3) is 4.39. The number of esters is 1. The molecule has 0 aliphatic carbocycles. The maximum Gasteiger partial charge on any atom is 0.338 e. The second kappa shape index (κ2) is 8.17. The number of nitrogens with one attached hydrogen (secondary N) is 2. The van der Waals surface area contributed by atoms with Gasteiger partial charge in [-0.15, -0.1) is 10.2 Å². The van der Waals surface area contributed by atoms with Crippen molar-refractivity contribution in [3.63, 3.8) is 0 Å². The fourth-order valence-electron chi connectivity index (χ4n) is 2.08. The Balaban J connectivity index is 1.64. The predicted octanol–water partition coefficient (Wildman–Crippen LogP) is 3.42. The molecule has 2 heterocycles. The number of hydrogen-bond donors (Lipinski definition) is 2. The summed E-state index contributed by atoms with van der Waals surface area (Å²) in [6.07, 6.45) is 3.32. The summed E-state index contributed by atoms with van der Waals surface area (Å²) in [4.78, 5) is 27.8. The Hall–Kier alpha value is -3.33. The normalized spacial score (nSPS) is 10.2. The van der Waals surface area contributed by atoms with Crippen molar-refractivity contribution in [3.8, 4) is 10.6 Å². The lowest BCUT2D eigenvalue weighted by molar-refractivity contribution is 0.0526. The van der Waals surface area contributed by atoms with Crippen molar-refractivity contribution in [2.75, 3.05) is 17.2 Å². The van der Waals surface area contributed by atoms with E-state index >= 15 is 0 Å². The first-order valence-electron chi connectivity index (χ1n) is 7.75. The van der Waals surface area contributed by atoms with Gasteiger partial charge in [0.05, 0.1) is 12.2 Å². The van der Waals surface area contributed by atoms with Crippen LogP contribution in [0.3, 0.4) is 0 Å². The minimum Gasteiger partial charge on any atom is -0.462 e. The van der Waals surface area contributed by atoms with Gasteiger partial charge in [0.15, 0.2) is 0 Å². The molecule has 3 aromatic rings. The van der Waals surface area contributed by atoms with Crippen LogP contribution in [-0.2, 0) is 4.74 Å². The second-order valence-corrected chi connectivity index (χ2v) is 6.01. The van der Waals surface area contributed by atoms with E-state index in [1.807, 2.05) is 12.1 Å². The molecule has 2 N–H and O–H groups in total. The first-order valence-corrected chi connectivity index (χ1v) is 8.56. The number of benzene rings is 1. The van der Waals surface area contributed by atoms with Gasteiger partial charge in [-0.05, 0) is 37.3 Å². The number of hydrogen-bond acceptors (Lipinski definition) is 7. The molecule has 8 nitrogen and oxygen atoms in total. The minimum absolute atomic E-state index is 0.286. The van der Waals surface area contributed by atoms with Crippen LogP contribution in [0, 0.1) is 0 Å². The van der Waals surface area contributed by atoms with Crippen molar-refractivity contribution < 1.29 is 14.3 Å². The van der Waals surface area contributed by atoms with E-state index in [2.05, 4.69) is 25.8 Å². The van der Waals surface area contributed by atoms with Crippen LogP contribution >= 0.6 is 11.3 Å². The number of aromatic nitrogens is 3. The van der Waals surface area contributed by atoms with E-state index in [-0.39, 0.29) is 6.61 Å². The van der Waals surface area contributed by atoms with Crippen molar-refractivity contribution in [1.82, 2.24) is 15.2 Å². The van der Waals surface area contributed by atoms with Crippen LogP contribution < -0.4 is 10.6 Å². The SMILES string of the molecule is CCOC(=O)c1cccc(NC(=O)Nc2nnc(-c3ccncc3)s2)c1. The molecule has 0 fully saturated rings. The van der Waals surface area contributed by atoms with Crippen molar-refractivity contribution in [2.24, 2.45) is 0 Å². The molecule has 1 aromatic carbocycles. The highest BCUT2D eigenvalue weighted by molar-refractivity contribution is 7.18. The zero-order valence-corrected chi connectivity index (χ0v) is 14.6. The molecule has 132 valence electrons. The maximum absolute atomic E-state index is 12.1. The van der Waals surface area contributed by atoms with Crippen molar-refractivity contribution in [1.29, 1.82) is 0 Å². The maximum atomic E-state index is 12.1. The summed E-state index contributed by atoms with van der Waals surface area (Å²) >= 11 is 1.24. The van der Waals surface area contributed by atoms with Crippen LogP contribution in [-0.4, -0.2) is 33.8 Å². The first-order chi connectivity index (χ1) is 12.7. The summed E-state index contributed by atoms with van der Waals surface area (Å²) in [5, 5.41) is 14.3. The van der Waals surface area contributed by atoms with E-state index in [9.17, 15) is 9.59 Å². The molecule has 0 saturated heterocycles. The van der Waals surface area contributed by atoms with E-state index in [1.165, 1.54) is 11.3 Å². The molecule has 26 heavy (non-hydrogen) atoms. The zero-order chi connectivity index (χ0) is 18.4. The van der Waals surface area contributed by atoms with Crippen LogP contribution in [0.25, 0.3) is 10.6 Å². The lowest BCUT2D eigenvalue weighted by Gasteiger charge is -2.07. The quantitative estimate of drug-likeness (QED) is 0.668. The van der Waals surface area contributed by atoms with Gasteiger partial charge in [0, 0.05) is 23.6 Å². The monoisotopic (exact) mass is 369 g/mol. The molecule has 0 spiro atoms. The summed E-state index contributed by atoms with van der Waals surface area (Å²) in [5.74, 6) is -0.442. The number of urea groups is 1. The summed E-state index contributed by atoms with van der Waals surface area (Å²) in [5.41, 5.74) is 1.69. The molecule has 9 heteroatoms. The van der Waals surface area contributed by atoms with Crippen molar-refractivity contribution in [3.05, 3.63) is 54.4 Å². The fraction of sp³-hybridized carbons (Fsp3) is 0.118. The van der Waals surface area contributed by atoms with Gasteiger partial charge in [-0.3, -0.25) is 10.3 Å². The molecule has 0 bridgehead atoms. The predicted molar refractivity (Wildman–Crippen MR) is 98.2 cm³/mol. The topological polar surface area (TPSA) is 106 Å². The van der Waals surface area contributed by atoms with Gasteiger partial charge in [0.1, 0.15) is 5.01 Å². The Kier molecular flexibility index (Phi) is 5.49. The molecule has 0 unspecified atom stereocenters. The van der Waals surface area contributed by atoms with Gasteiger partial charge in [-0.1, -0.05) is 17.4 Å². The van der Waals surface area contributed by atoms with E-state index < -0.39 is 12.0 Å². The number of carbonyl (C=O) groups is 2. The molecular weight excluding hydrogens is 354 g/mol. The second-order valence-electron chi connectivity index (χ2n) is 5.03. The van der Waals surface area contributed by atoms with Gasteiger partial charge in [-0.2, -0.15) is 0 Å². The van der Waals surface area contributed by atoms with Gasteiger partial charge in [-0.25, -0.2) is 9.59 Å². The molecule has 2 aromatic heterocycles. The smallest absolute Gasteiger partial charge is 0.338 e. The fourth-order valence-corrected chi connectivity index (χ4v) is 2.83. The summed E-state index contributed by atoms with van der Waals surface area (Å²) in [7, 11) is 0. The Morgan fingerprint density at radius 2 is 1.92 bits per heavy atom. The third-order valence-corrected chi connectivity index (χ3v) is 4.09. The summed E-state index contributed by atoms with van der Waals surface area (Å²) < 4.78 is 4.94. The van der Waals surface area contributed by atoms with Crippen LogP contribution in [0.5, 0.6) is 0 Å². The number of amides is 2. The number of nitrogens with zero attached hydrogens (tertiary/aromatic N) is 3. The number of ether oxygens (including phenoxy) is 1. The largest absolute Gasteiger partial charge is 0.462 e. The van der Waals surface area contributed by atoms with E-state index in [4.69, 9.17) is 4.74 Å². The Morgan fingerprint density at radius 1 is 1.12 bits per heavy atom. The molecular formula is C17H15N5O3S. The minimum atomic E-state index is -0.483. The highest BCUT2D eigenvalue weighted by Gasteiger charge is 2.11. The lowest BCUT2D eigenvalue weighted by Crippen LogP contribution is -2.19. The number of carbonyl (C=O) groups excluding carboxylic acids is 2. The Morgan fingerprint density at radius 3 is 2.69 bits per heavy atom. The van der Waals surface area contributed by atoms with Gasteiger partial charge in [0.25, 0.3) is 0 Å². The summed E-state index contributed by atoms with van der Waals surface area (Å²) in [6, 6.07) is 9.63. The average molecular weight is 369 g/mol. The molecule has 0 aliphatic rings. The van der Waals surface area contributed by atoms with Crippen LogP contribution in [0.4, 0.5) is 15.6 Å². The first kappa shape index (κ1) is 17.5. The van der Waals surface area contributed by atoms with Crippen LogP contribution in [0.1, 0.15) is 17.3 Å². The average Bonchev–Trinajstić information content (AvgIpc) is 3.11. The number of rotatable bonds is 5. The highest BCUT2D eigenvalue weighted by atomic mass is 32.1. The number of anilines is 2. The summed E-state index contributed by atoms with van der Waals surface area (Å²) in [6.45, 7) is 2.02. The molecule has 0 atom stereocenters. The number of pyridine rings is 1. The molecule has 0 aliphatic heterocycles. The molecule has 2 amide bonds.